The Kier molecular flexibility index (Phi) is 4.08. The molecule has 1 aromatic rings. The molecule has 0 aromatic carbocycles. The molecule has 0 fully saturated rings. The van der Waals surface area contributed by atoms with E-state index in [2.05, 4.69) is 20.7 Å². The molecule has 0 unspecified atom stereocenters. The Morgan fingerprint density at radius 2 is 2.29 bits per heavy atom. The number of halogens is 1. The topological polar surface area (TPSA) is 72.2 Å². The molecule has 0 radical (unpaired) electrons. The Morgan fingerprint density at radius 3 is 2.71 bits per heavy atom. The maximum absolute atomic E-state index is 11.6. The van der Waals surface area contributed by atoms with Crippen molar-refractivity contribution in [3.63, 3.8) is 0 Å². The van der Waals surface area contributed by atoms with Gasteiger partial charge in [-0.05, 0) is 28.9 Å². The molecule has 1 aromatic heterocycles. The van der Waals surface area contributed by atoms with E-state index >= 15 is 0 Å². The predicted octanol–water partition coefficient (Wildman–Crippen LogP) is 1.06. The number of aryl methyl sites for hydroxylation is 1. The Bertz CT molecular complexity index is 413. The highest BCUT2D eigenvalue weighted by atomic mass is 79.9. The maximum atomic E-state index is 11.6. The van der Waals surface area contributed by atoms with Crippen molar-refractivity contribution in [1.29, 1.82) is 0 Å². The molecule has 4 nitrogen and oxygen atoms in total. The molecule has 0 spiro atoms. The van der Waals surface area contributed by atoms with Gasteiger partial charge in [-0.1, -0.05) is 0 Å². The molecule has 0 saturated heterocycles. The Labute approximate surface area is 95.7 Å². The van der Waals surface area contributed by atoms with E-state index < -0.39 is 10.0 Å². The lowest BCUT2D eigenvalue weighted by molar-refractivity contribution is 0.584. The molecular weight excluding hydrogens is 288 g/mol. The van der Waals surface area contributed by atoms with Gasteiger partial charge in [0.25, 0.3) is 10.0 Å². The van der Waals surface area contributed by atoms with Crippen LogP contribution in [0.4, 0.5) is 0 Å². The van der Waals surface area contributed by atoms with Crippen LogP contribution < -0.4 is 10.5 Å². The molecule has 14 heavy (non-hydrogen) atoms. The molecule has 3 N–H and O–H groups in total. The molecule has 0 aliphatic carbocycles. The van der Waals surface area contributed by atoms with Crippen molar-refractivity contribution in [1.82, 2.24) is 4.72 Å². The van der Waals surface area contributed by atoms with Crippen LogP contribution >= 0.6 is 27.3 Å². The lowest BCUT2D eigenvalue weighted by Crippen LogP contribution is -2.28. The summed E-state index contributed by atoms with van der Waals surface area (Å²) in [7, 11) is -3.39. The van der Waals surface area contributed by atoms with Gasteiger partial charge in [0.2, 0.25) is 0 Å². The van der Waals surface area contributed by atoms with E-state index in [4.69, 9.17) is 5.73 Å². The summed E-state index contributed by atoms with van der Waals surface area (Å²) in [6.07, 6.45) is 0. The summed E-state index contributed by atoms with van der Waals surface area (Å²) in [5.41, 5.74) is 5.22. The van der Waals surface area contributed by atoms with E-state index in [1.54, 1.807) is 6.07 Å². The van der Waals surface area contributed by atoms with Crippen LogP contribution in [0.15, 0.2) is 14.7 Å². The molecule has 1 rings (SSSR count). The summed E-state index contributed by atoms with van der Waals surface area (Å²) in [4.78, 5) is 0.949. The van der Waals surface area contributed by atoms with Gasteiger partial charge in [-0.2, -0.15) is 0 Å². The van der Waals surface area contributed by atoms with E-state index in [0.29, 0.717) is 15.2 Å². The zero-order valence-corrected chi connectivity index (χ0v) is 10.8. The van der Waals surface area contributed by atoms with Crippen molar-refractivity contribution in [2.45, 2.75) is 11.1 Å². The molecule has 0 aliphatic rings. The van der Waals surface area contributed by atoms with Crippen LogP contribution in [0.1, 0.15) is 4.88 Å². The monoisotopic (exact) mass is 298 g/mol. The Balaban J connectivity index is 2.98. The van der Waals surface area contributed by atoms with Crippen molar-refractivity contribution in [2.75, 3.05) is 13.1 Å². The summed E-state index contributed by atoms with van der Waals surface area (Å²) >= 11 is 4.44. The zero-order valence-electron chi connectivity index (χ0n) is 7.58. The second-order valence-electron chi connectivity index (χ2n) is 2.68. The third-order valence-electron chi connectivity index (χ3n) is 1.46. The van der Waals surface area contributed by atoms with Crippen LogP contribution in [-0.2, 0) is 10.0 Å². The van der Waals surface area contributed by atoms with Gasteiger partial charge in [-0.15, -0.1) is 11.3 Å². The minimum Gasteiger partial charge on any atom is -0.329 e. The summed E-state index contributed by atoms with van der Waals surface area (Å²) in [6, 6.07) is 1.78. The molecule has 0 saturated carbocycles. The third-order valence-corrected chi connectivity index (χ3v) is 5.66. The number of nitrogens with two attached hydrogens (primary N) is 1. The summed E-state index contributed by atoms with van der Waals surface area (Å²) in [5, 5.41) is 0. The van der Waals surface area contributed by atoms with Gasteiger partial charge < -0.3 is 5.73 Å². The molecule has 0 aliphatic heterocycles. The number of thiophene rings is 1. The summed E-state index contributed by atoms with van der Waals surface area (Å²) < 4.78 is 26.6. The van der Waals surface area contributed by atoms with Crippen molar-refractivity contribution in [3.05, 3.63) is 15.4 Å². The van der Waals surface area contributed by atoms with E-state index in [0.717, 1.165) is 4.88 Å². The smallest absolute Gasteiger partial charge is 0.251 e. The second kappa shape index (κ2) is 4.71. The number of nitrogens with one attached hydrogen (secondary N) is 1. The van der Waals surface area contributed by atoms with Crippen LogP contribution in [0.2, 0.25) is 0 Å². The SMILES string of the molecule is Cc1cc(Br)c(S(=O)(=O)NCCN)s1. The number of rotatable bonds is 4. The van der Waals surface area contributed by atoms with Crippen molar-refractivity contribution < 1.29 is 8.42 Å². The number of sulfonamides is 1. The normalized spacial score (nSPS) is 11.9. The van der Waals surface area contributed by atoms with Crippen LogP contribution in [0.25, 0.3) is 0 Å². The van der Waals surface area contributed by atoms with E-state index in [-0.39, 0.29) is 6.54 Å². The van der Waals surface area contributed by atoms with Gasteiger partial charge in [-0.3, -0.25) is 0 Å². The largest absolute Gasteiger partial charge is 0.329 e. The highest BCUT2D eigenvalue weighted by Gasteiger charge is 2.19. The Morgan fingerprint density at radius 1 is 1.64 bits per heavy atom. The molecule has 0 bridgehead atoms. The van der Waals surface area contributed by atoms with Crippen molar-refractivity contribution >= 4 is 37.3 Å². The van der Waals surface area contributed by atoms with Crippen molar-refractivity contribution in [2.24, 2.45) is 5.73 Å². The van der Waals surface area contributed by atoms with Crippen LogP contribution in [0, 0.1) is 6.92 Å². The van der Waals surface area contributed by atoms with Gasteiger partial charge in [0.1, 0.15) is 4.21 Å². The highest BCUT2D eigenvalue weighted by Crippen LogP contribution is 2.30. The zero-order chi connectivity index (χ0) is 10.8. The summed E-state index contributed by atoms with van der Waals surface area (Å²) in [6.45, 7) is 2.41. The number of hydrogen-bond acceptors (Lipinski definition) is 4. The van der Waals surface area contributed by atoms with Gasteiger partial charge in [0.15, 0.2) is 0 Å². The average molecular weight is 299 g/mol. The van der Waals surface area contributed by atoms with E-state index in [1.807, 2.05) is 6.92 Å². The fourth-order valence-corrected chi connectivity index (χ4v) is 4.75. The molecule has 7 heteroatoms. The first-order valence-corrected chi connectivity index (χ1v) is 7.02. The van der Waals surface area contributed by atoms with Gasteiger partial charge in [-0.25, -0.2) is 13.1 Å². The number of hydrogen-bond donors (Lipinski definition) is 2. The van der Waals surface area contributed by atoms with E-state index in [9.17, 15) is 8.42 Å². The minimum atomic E-state index is -3.39. The highest BCUT2D eigenvalue weighted by molar-refractivity contribution is 9.10. The molecular formula is C7H11BrN2O2S2. The standard InChI is InChI=1S/C7H11BrN2O2S2/c1-5-4-6(8)7(13-5)14(11,12)10-3-2-9/h4,10H,2-3,9H2,1H3. The lowest BCUT2D eigenvalue weighted by Gasteiger charge is -2.02. The molecule has 0 atom stereocenters. The van der Waals surface area contributed by atoms with Gasteiger partial charge in [0.05, 0.1) is 0 Å². The minimum absolute atomic E-state index is 0.256. The predicted molar refractivity (Wildman–Crippen MR) is 61.0 cm³/mol. The van der Waals surface area contributed by atoms with Gasteiger partial charge in [0, 0.05) is 22.4 Å². The van der Waals surface area contributed by atoms with Crippen LogP contribution in [0.3, 0.4) is 0 Å². The molecule has 80 valence electrons. The van der Waals surface area contributed by atoms with Crippen molar-refractivity contribution in [3.8, 4) is 0 Å². The van der Waals surface area contributed by atoms with Crippen LogP contribution in [0.5, 0.6) is 0 Å². The molecule has 1 heterocycles. The van der Waals surface area contributed by atoms with Crippen LogP contribution in [-0.4, -0.2) is 21.5 Å². The fourth-order valence-electron chi connectivity index (χ4n) is 0.904. The first-order chi connectivity index (χ1) is 6.47. The second-order valence-corrected chi connectivity index (χ2v) is 6.75. The van der Waals surface area contributed by atoms with Gasteiger partial charge >= 0.3 is 0 Å². The fraction of sp³-hybridized carbons (Fsp3) is 0.429. The first kappa shape index (κ1) is 12.1. The van der Waals surface area contributed by atoms with E-state index in [1.165, 1.54) is 11.3 Å². The third kappa shape index (κ3) is 2.77. The molecule has 0 amide bonds. The maximum Gasteiger partial charge on any atom is 0.251 e. The first-order valence-electron chi connectivity index (χ1n) is 3.93. The lowest BCUT2D eigenvalue weighted by atomic mass is 10.5. The summed E-state index contributed by atoms with van der Waals surface area (Å²) in [5.74, 6) is 0. The quantitative estimate of drug-likeness (QED) is 0.873. The Hall–Kier alpha value is 0.0500. The average Bonchev–Trinajstić information content (AvgIpc) is 2.42.